The van der Waals surface area contributed by atoms with E-state index < -0.39 is 0 Å². The van der Waals surface area contributed by atoms with Crippen LogP contribution in [0.3, 0.4) is 0 Å². The number of guanidine groups is 1. The number of hydrogen-bond donors (Lipinski definition) is 2. The Kier molecular flexibility index (Phi) is 9.91. The van der Waals surface area contributed by atoms with Crippen LogP contribution in [0.5, 0.6) is 0 Å². The van der Waals surface area contributed by atoms with Crippen LogP contribution in [-0.4, -0.2) is 74.2 Å². The third-order valence-electron chi connectivity index (χ3n) is 6.44. The maximum Gasteiger partial charge on any atom is 0.191 e. The van der Waals surface area contributed by atoms with Gasteiger partial charge in [-0.05, 0) is 56.9 Å². The Labute approximate surface area is 168 Å². The van der Waals surface area contributed by atoms with E-state index in [1.54, 1.807) is 0 Å². The number of nitrogens with zero attached hydrogens (tertiary/aromatic N) is 3. The van der Waals surface area contributed by atoms with Crippen molar-refractivity contribution in [1.29, 1.82) is 0 Å². The molecule has 5 heteroatoms. The average molecular weight is 380 g/mol. The SMILES string of the molecule is CCNC(=NCC(C)CN1CCN(CC)CC1)NC1CCC(C(C)C)CC1. The molecule has 1 saturated heterocycles. The second-order valence-corrected chi connectivity index (χ2v) is 9.06. The first-order valence-corrected chi connectivity index (χ1v) is 11.5. The standard InChI is InChI=1S/C22H45N5/c1-6-23-22(25-21-10-8-20(9-11-21)18(3)4)24-16-19(5)17-27-14-12-26(7-2)13-15-27/h18-21H,6-17H2,1-5H3,(H2,23,24,25). The number of piperazine rings is 1. The summed E-state index contributed by atoms with van der Waals surface area (Å²) in [5, 5.41) is 7.16. The van der Waals surface area contributed by atoms with Gasteiger partial charge in [0.05, 0.1) is 0 Å². The molecule has 2 N–H and O–H groups in total. The largest absolute Gasteiger partial charge is 0.357 e. The van der Waals surface area contributed by atoms with Gasteiger partial charge in [0.25, 0.3) is 0 Å². The van der Waals surface area contributed by atoms with Crippen LogP contribution in [0.2, 0.25) is 0 Å². The molecule has 1 unspecified atom stereocenters. The quantitative estimate of drug-likeness (QED) is 0.502. The highest BCUT2D eigenvalue weighted by Crippen LogP contribution is 2.29. The molecule has 158 valence electrons. The smallest absolute Gasteiger partial charge is 0.191 e. The molecular weight excluding hydrogens is 334 g/mol. The van der Waals surface area contributed by atoms with E-state index in [1.807, 2.05) is 0 Å². The third-order valence-corrected chi connectivity index (χ3v) is 6.44. The van der Waals surface area contributed by atoms with Gasteiger partial charge < -0.3 is 20.4 Å². The summed E-state index contributed by atoms with van der Waals surface area (Å²) in [7, 11) is 0. The van der Waals surface area contributed by atoms with E-state index in [0.29, 0.717) is 12.0 Å². The highest BCUT2D eigenvalue weighted by atomic mass is 15.3. The van der Waals surface area contributed by atoms with E-state index in [2.05, 4.69) is 55.1 Å². The van der Waals surface area contributed by atoms with Crippen LogP contribution >= 0.6 is 0 Å². The number of likely N-dealkylation sites (N-methyl/N-ethyl adjacent to an activating group) is 1. The zero-order valence-electron chi connectivity index (χ0n) is 18.6. The molecule has 2 aliphatic rings. The topological polar surface area (TPSA) is 42.9 Å². The van der Waals surface area contributed by atoms with Gasteiger partial charge in [0, 0.05) is 51.9 Å². The van der Waals surface area contributed by atoms with Crippen molar-refractivity contribution in [3.05, 3.63) is 0 Å². The van der Waals surface area contributed by atoms with Gasteiger partial charge in [0.15, 0.2) is 5.96 Å². The van der Waals surface area contributed by atoms with Crippen molar-refractivity contribution in [3.63, 3.8) is 0 Å². The second-order valence-electron chi connectivity index (χ2n) is 9.06. The van der Waals surface area contributed by atoms with Gasteiger partial charge in [-0.1, -0.05) is 27.7 Å². The van der Waals surface area contributed by atoms with Crippen LogP contribution in [0.15, 0.2) is 4.99 Å². The predicted molar refractivity (Wildman–Crippen MR) is 117 cm³/mol. The predicted octanol–water partition coefficient (Wildman–Crippen LogP) is 3.03. The van der Waals surface area contributed by atoms with Gasteiger partial charge in [0.1, 0.15) is 0 Å². The lowest BCUT2D eigenvalue weighted by Crippen LogP contribution is -2.47. The Morgan fingerprint density at radius 1 is 0.963 bits per heavy atom. The lowest BCUT2D eigenvalue weighted by atomic mass is 9.80. The molecule has 1 saturated carbocycles. The number of nitrogens with one attached hydrogen (secondary N) is 2. The van der Waals surface area contributed by atoms with Gasteiger partial charge in [-0.15, -0.1) is 0 Å². The highest BCUT2D eigenvalue weighted by Gasteiger charge is 2.24. The zero-order chi connectivity index (χ0) is 19.6. The van der Waals surface area contributed by atoms with Crippen molar-refractivity contribution in [1.82, 2.24) is 20.4 Å². The molecule has 1 atom stereocenters. The van der Waals surface area contributed by atoms with Gasteiger partial charge in [-0.25, -0.2) is 0 Å². The molecule has 1 aliphatic carbocycles. The van der Waals surface area contributed by atoms with Gasteiger partial charge >= 0.3 is 0 Å². The summed E-state index contributed by atoms with van der Waals surface area (Å²) in [5.74, 6) is 3.36. The van der Waals surface area contributed by atoms with Gasteiger partial charge in [-0.3, -0.25) is 4.99 Å². The monoisotopic (exact) mass is 379 g/mol. The maximum absolute atomic E-state index is 4.92. The maximum atomic E-state index is 4.92. The summed E-state index contributed by atoms with van der Waals surface area (Å²) in [4.78, 5) is 10.1. The Morgan fingerprint density at radius 2 is 1.59 bits per heavy atom. The van der Waals surface area contributed by atoms with Crippen molar-refractivity contribution < 1.29 is 0 Å². The van der Waals surface area contributed by atoms with E-state index in [-0.39, 0.29) is 0 Å². The highest BCUT2D eigenvalue weighted by molar-refractivity contribution is 5.80. The van der Waals surface area contributed by atoms with Crippen LogP contribution in [-0.2, 0) is 0 Å². The fraction of sp³-hybridized carbons (Fsp3) is 0.955. The summed E-state index contributed by atoms with van der Waals surface area (Å²) >= 11 is 0. The summed E-state index contributed by atoms with van der Waals surface area (Å²) in [6.07, 6.45) is 5.28. The molecule has 2 fully saturated rings. The fourth-order valence-electron chi connectivity index (χ4n) is 4.48. The Hall–Kier alpha value is -0.810. The van der Waals surface area contributed by atoms with Crippen LogP contribution in [0.25, 0.3) is 0 Å². The van der Waals surface area contributed by atoms with E-state index in [4.69, 9.17) is 4.99 Å². The molecule has 1 aliphatic heterocycles. The third kappa shape index (κ3) is 7.98. The molecule has 5 nitrogen and oxygen atoms in total. The lowest BCUT2D eigenvalue weighted by Gasteiger charge is -2.35. The zero-order valence-corrected chi connectivity index (χ0v) is 18.6. The number of hydrogen-bond acceptors (Lipinski definition) is 3. The van der Waals surface area contributed by atoms with Crippen LogP contribution < -0.4 is 10.6 Å². The number of rotatable bonds is 8. The summed E-state index contributed by atoms with van der Waals surface area (Å²) in [6, 6.07) is 0.593. The minimum absolute atomic E-state index is 0.593. The Morgan fingerprint density at radius 3 is 2.15 bits per heavy atom. The molecule has 0 aromatic carbocycles. The van der Waals surface area contributed by atoms with Crippen LogP contribution in [0.4, 0.5) is 0 Å². The summed E-state index contributed by atoms with van der Waals surface area (Å²) < 4.78 is 0. The van der Waals surface area contributed by atoms with Crippen molar-refractivity contribution in [2.75, 3.05) is 52.4 Å². The first kappa shape index (κ1) is 22.5. The van der Waals surface area contributed by atoms with Gasteiger partial charge in [0.2, 0.25) is 0 Å². The van der Waals surface area contributed by atoms with Crippen LogP contribution in [0, 0.1) is 17.8 Å². The Balaban J connectivity index is 1.74. The van der Waals surface area contributed by atoms with Gasteiger partial charge in [-0.2, -0.15) is 0 Å². The van der Waals surface area contributed by atoms with E-state index in [1.165, 1.54) is 65.0 Å². The molecule has 0 aromatic heterocycles. The number of aliphatic imine (C=N–C) groups is 1. The molecule has 27 heavy (non-hydrogen) atoms. The lowest BCUT2D eigenvalue weighted by molar-refractivity contribution is 0.125. The summed E-state index contributed by atoms with van der Waals surface area (Å²) in [6.45, 7) is 20.5. The molecular formula is C22H45N5. The van der Waals surface area contributed by atoms with Crippen molar-refractivity contribution >= 4 is 5.96 Å². The van der Waals surface area contributed by atoms with Crippen LogP contribution in [0.1, 0.15) is 60.3 Å². The fourth-order valence-corrected chi connectivity index (χ4v) is 4.48. The van der Waals surface area contributed by atoms with Crippen molar-refractivity contribution in [2.24, 2.45) is 22.7 Å². The van der Waals surface area contributed by atoms with E-state index in [9.17, 15) is 0 Å². The molecule has 0 amide bonds. The molecule has 0 spiro atoms. The van der Waals surface area contributed by atoms with E-state index >= 15 is 0 Å². The van der Waals surface area contributed by atoms with Crippen molar-refractivity contribution in [2.45, 2.75) is 66.3 Å². The minimum Gasteiger partial charge on any atom is -0.357 e. The van der Waals surface area contributed by atoms with E-state index in [0.717, 1.165) is 30.9 Å². The molecule has 0 bridgehead atoms. The minimum atomic E-state index is 0.593. The molecule has 2 rings (SSSR count). The molecule has 1 heterocycles. The normalized spacial score (nSPS) is 27.0. The first-order valence-electron chi connectivity index (χ1n) is 11.5. The van der Waals surface area contributed by atoms with Crippen molar-refractivity contribution in [3.8, 4) is 0 Å². The Bertz CT molecular complexity index is 420. The molecule has 0 radical (unpaired) electrons. The first-order chi connectivity index (χ1) is 13.0. The average Bonchev–Trinajstić information content (AvgIpc) is 2.67. The summed E-state index contributed by atoms with van der Waals surface area (Å²) in [5.41, 5.74) is 0. The second kappa shape index (κ2) is 11.9. The molecule has 0 aromatic rings.